The number of likely N-dealkylation sites (tertiary alicyclic amines) is 3. The molecule has 0 atom stereocenters. The van der Waals surface area contributed by atoms with Crippen LogP contribution in [0, 0.1) is 13.8 Å². The molecule has 0 aliphatic carbocycles. The molecule has 0 spiro atoms. The van der Waals surface area contributed by atoms with Crippen LogP contribution in [0.25, 0.3) is 42.9 Å². The van der Waals surface area contributed by atoms with Crippen molar-refractivity contribution < 1.29 is 12.4 Å². The Hall–Kier alpha value is -5.42. The number of pyridine rings is 2. The van der Waals surface area contributed by atoms with Gasteiger partial charge in [0.05, 0.1) is 57.6 Å². The second-order valence-electron chi connectivity index (χ2n) is 19.7. The fraction of sp³-hybridized carbons (Fsp3) is 0.500. The van der Waals surface area contributed by atoms with Crippen molar-refractivity contribution in [2.75, 3.05) is 66.5 Å². The highest BCUT2D eigenvalue weighted by atomic mass is 32.1. The lowest BCUT2D eigenvalue weighted by molar-refractivity contribution is -0.133. The number of nitrogens with two attached hydrogens (primary N) is 2. The molecule has 2 amide bonds. The number of H-pyrrole nitrogens is 2. The van der Waals surface area contributed by atoms with Gasteiger partial charge in [0.1, 0.15) is 0 Å². The molecule has 68 heavy (non-hydrogen) atoms. The van der Waals surface area contributed by atoms with Gasteiger partial charge in [-0.3, -0.25) is 14.5 Å². The van der Waals surface area contributed by atoms with Crippen molar-refractivity contribution in [2.45, 2.75) is 104 Å². The van der Waals surface area contributed by atoms with Crippen LogP contribution in [0.3, 0.4) is 0 Å². The molecule has 0 radical (unpaired) electrons. The van der Waals surface area contributed by atoms with E-state index in [2.05, 4.69) is 91.7 Å². The molecule has 9 rings (SSSR count). The molecule has 0 saturated carbocycles. The smallest absolute Gasteiger partial charge is 0.236 e. The van der Waals surface area contributed by atoms with Gasteiger partial charge < -0.3 is 36.1 Å². The fourth-order valence-electron chi connectivity index (χ4n) is 10.2. The molecule has 6 N–H and O–H groups in total. The standard InChI is InChI=1S/C27H36N6OS.C25H34N6OS.2H2/c1-17(2)24-25(20-12-18(3)27(29-14-20)30-16-28)31-21-13-22(35-26(21)24)19-6-10-33(11-7-19)23(34)15-32-8-4-5-9-32;1-15(2)22-23(18-10-16(3)25(27-12-18)28-14-26)29-19-11-20(33-24(19)22)17-6-8-31(9-7-17)21(32)13-30(4)5;;/h12-14,16-17,19,31H,4-11,15H2,1-3H3,(H2,28,29,30);10-12,14-15,17,29H,6-9,13H2,1-5H3,(H2,26,27,28);2*1H. The number of thiophene rings is 2. The van der Waals surface area contributed by atoms with Crippen molar-refractivity contribution >= 4 is 79.2 Å². The van der Waals surface area contributed by atoms with Crippen molar-refractivity contribution in [1.82, 2.24) is 39.5 Å². The number of fused-ring (bicyclic) bond motifs is 2. The zero-order valence-electron chi connectivity index (χ0n) is 41.2. The first-order chi connectivity index (χ1) is 32.7. The van der Waals surface area contributed by atoms with Gasteiger partial charge in [0.15, 0.2) is 11.6 Å². The van der Waals surface area contributed by atoms with Gasteiger partial charge in [-0.25, -0.2) is 20.0 Å². The third-order valence-electron chi connectivity index (χ3n) is 13.8. The molecular formula is C52H74N12O2S2. The molecule has 3 aliphatic rings. The lowest BCUT2D eigenvalue weighted by Crippen LogP contribution is -2.43. The van der Waals surface area contributed by atoms with E-state index in [4.69, 9.17) is 11.5 Å². The summed E-state index contributed by atoms with van der Waals surface area (Å²) in [6.45, 7) is 19.7. The summed E-state index contributed by atoms with van der Waals surface area (Å²) in [5.41, 5.74) is 22.4. The van der Waals surface area contributed by atoms with Crippen LogP contribution in [0.4, 0.5) is 11.6 Å². The summed E-state index contributed by atoms with van der Waals surface area (Å²) in [5, 5.41) is 0. The largest absolute Gasteiger partial charge is 0.390 e. The van der Waals surface area contributed by atoms with E-state index >= 15 is 0 Å². The number of likely N-dealkylation sites (N-methyl/N-ethyl adjacent to an activating group) is 1. The van der Waals surface area contributed by atoms with Crippen molar-refractivity contribution in [3.8, 4) is 22.5 Å². The highest BCUT2D eigenvalue weighted by Crippen LogP contribution is 2.45. The third-order valence-corrected chi connectivity index (χ3v) is 16.4. The summed E-state index contributed by atoms with van der Waals surface area (Å²) in [6.07, 6.45) is 12.9. The van der Waals surface area contributed by atoms with Crippen LogP contribution >= 0.6 is 22.7 Å². The highest BCUT2D eigenvalue weighted by molar-refractivity contribution is 7.19. The molecule has 9 heterocycles. The van der Waals surface area contributed by atoms with Gasteiger partial charge in [0, 0.05) is 62.3 Å². The molecule has 3 saturated heterocycles. The molecular weight excluding hydrogens is 889 g/mol. The number of nitrogens with zero attached hydrogens (tertiary/aromatic N) is 8. The normalized spacial score (nSPS) is 16.8. The molecule has 6 aromatic rings. The number of piperidine rings is 2. The molecule has 366 valence electrons. The van der Waals surface area contributed by atoms with Crippen LogP contribution in [0.15, 0.2) is 46.6 Å². The topological polar surface area (TPSA) is 181 Å². The van der Waals surface area contributed by atoms with Crippen LogP contribution < -0.4 is 11.5 Å². The lowest BCUT2D eigenvalue weighted by Gasteiger charge is -2.32. The van der Waals surface area contributed by atoms with Gasteiger partial charge in [-0.2, -0.15) is 0 Å². The molecule has 6 aromatic heterocycles. The SMILES string of the molecule is Cc1cc(-c2[nH]c3cc(C4CCN(C(=O)CN(C)C)CC4)sc3c2C(C)C)cnc1N=CN.Cc1cc(-c2[nH]c3cc(C4CCN(C(=O)CN5CCCC5)CC4)sc3c2C(C)C)cnc1N=CN.[HH].[HH]. The first kappa shape index (κ1) is 49.0. The number of nitrogens with one attached hydrogen (secondary N) is 2. The first-order valence-corrected chi connectivity index (χ1v) is 26.0. The Labute approximate surface area is 412 Å². The van der Waals surface area contributed by atoms with Gasteiger partial charge in [0.25, 0.3) is 0 Å². The maximum Gasteiger partial charge on any atom is 0.236 e. The van der Waals surface area contributed by atoms with E-state index in [0.29, 0.717) is 54.3 Å². The van der Waals surface area contributed by atoms with Gasteiger partial charge in [-0.1, -0.05) is 27.7 Å². The number of aryl methyl sites for hydroxylation is 2. The van der Waals surface area contributed by atoms with E-state index in [1.807, 2.05) is 72.8 Å². The maximum atomic E-state index is 12.7. The summed E-state index contributed by atoms with van der Waals surface area (Å²) in [6, 6.07) is 8.92. The first-order valence-electron chi connectivity index (χ1n) is 24.4. The molecule has 3 fully saturated rings. The van der Waals surface area contributed by atoms with Gasteiger partial charge in [-0.05, 0) is 150 Å². The second-order valence-corrected chi connectivity index (χ2v) is 21.9. The Morgan fingerprint density at radius 2 is 1.15 bits per heavy atom. The number of aromatic amines is 2. The van der Waals surface area contributed by atoms with Crippen LogP contribution in [0.5, 0.6) is 0 Å². The molecule has 3 aliphatic heterocycles. The van der Waals surface area contributed by atoms with E-state index in [-0.39, 0.29) is 8.76 Å². The van der Waals surface area contributed by atoms with Crippen LogP contribution in [-0.2, 0) is 9.59 Å². The van der Waals surface area contributed by atoms with Crippen molar-refractivity contribution in [1.29, 1.82) is 0 Å². The van der Waals surface area contributed by atoms with E-state index in [9.17, 15) is 9.59 Å². The van der Waals surface area contributed by atoms with E-state index < -0.39 is 0 Å². The zero-order chi connectivity index (χ0) is 48.2. The number of rotatable bonds is 12. The van der Waals surface area contributed by atoms with Gasteiger partial charge >= 0.3 is 0 Å². The molecule has 0 bridgehead atoms. The molecule has 0 unspecified atom stereocenters. The summed E-state index contributed by atoms with van der Waals surface area (Å²) >= 11 is 3.83. The number of carbonyl (C=O) groups is 2. The Balaban J connectivity index is 0.000000224. The van der Waals surface area contributed by atoms with Crippen LogP contribution in [0.1, 0.15) is 125 Å². The maximum absolute atomic E-state index is 12.7. The summed E-state index contributed by atoms with van der Waals surface area (Å²) in [5.74, 6) is 3.65. The summed E-state index contributed by atoms with van der Waals surface area (Å²) in [4.78, 5) is 61.0. The Morgan fingerprint density at radius 3 is 1.53 bits per heavy atom. The number of aliphatic imine (C=N–C) groups is 2. The minimum absolute atomic E-state index is 0. The number of aromatic nitrogens is 4. The Morgan fingerprint density at radius 1 is 0.721 bits per heavy atom. The van der Waals surface area contributed by atoms with Crippen molar-refractivity contribution in [3.05, 3.63) is 68.7 Å². The Kier molecular flexibility index (Phi) is 15.5. The summed E-state index contributed by atoms with van der Waals surface area (Å²) < 4.78 is 2.68. The lowest BCUT2D eigenvalue weighted by atomic mass is 9.95. The molecule has 14 nitrogen and oxygen atoms in total. The third kappa shape index (κ3) is 10.7. The van der Waals surface area contributed by atoms with E-state index in [0.717, 1.165) is 98.6 Å². The minimum Gasteiger partial charge on any atom is -0.390 e. The minimum atomic E-state index is 0. The van der Waals surface area contributed by atoms with Crippen LogP contribution in [-0.4, -0.2) is 130 Å². The quantitative estimate of drug-likeness (QED) is 0.0691. The monoisotopic (exact) mass is 963 g/mol. The average molecular weight is 963 g/mol. The number of amides is 2. The van der Waals surface area contributed by atoms with Crippen molar-refractivity contribution in [2.24, 2.45) is 21.5 Å². The second kappa shape index (κ2) is 21.5. The highest BCUT2D eigenvalue weighted by Gasteiger charge is 2.30. The number of hydrogen-bond donors (Lipinski definition) is 4. The molecule has 0 aromatic carbocycles. The van der Waals surface area contributed by atoms with Gasteiger partial charge in [0.2, 0.25) is 11.8 Å². The van der Waals surface area contributed by atoms with E-state index in [1.54, 1.807) is 0 Å². The predicted molar refractivity (Wildman–Crippen MR) is 287 cm³/mol. The van der Waals surface area contributed by atoms with Crippen molar-refractivity contribution in [3.63, 3.8) is 0 Å². The average Bonchev–Trinajstić information content (AvgIpc) is 4.16. The zero-order valence-corrected chi connectivity index (χ0v) is 42.8. The Bertz CT molecular complexity index is 2780. The summed E-state index contributed by atoms with van der Waals surface area (Å²) in [7, 11) is 3.89. The number of carbonyl (C=O) groups excluding carboxylic acids is 2. The van der Waals surface area contributed by atoms with Gasteiger partial charge in [-0.15, -0.1) is 22.7 Å². The fourth-order valence-corrected chi connectivity index (χ4v) is 13.2. The van der Waals surface area contributed by atoms with E-state index in [1.165, 1.54) is 66.8 Å². The predicted octanol–water partition coefficient (Wildman–Crippen LogP) is 10.2. The van der Waals surface area contributed by atoms with Crippen LogP contribution in [0.2, 0.25) is 0 Å². The molecule has 16 heteroatoms. The number of hydrogen-bond acceptors (Lipinski definition) is 10.